The molecule has 0 aliphatic carbocycles. The van der Waals surface area contributed by atoms with E-state index in [9.17, 15) is 0 Å². The van der Waals surface area contributed by atoms with Crippen molar-refractivity contribution in [3.05, 3.63) is 66.1 Å². The van der Waals surface area contributed by atoms with Gasteiger partial charge in [0.1, 0.15) is 6.61 Å². The first-order valence-electron chi connectivity index (χ1n) is 9.51. The number of para-hydroxylation sites is 3. The molecule has 2 aliphatic rings. The number of rotatable bonds is 4. The van der Waals surface area contributed by atoms with Crippen molar-refractivity contribution in [1.29, 1.82) is 0 Å². The molecule has 0 N–H and O–H groups in total. The predicted molar refractivity (Wildman–Crippen MR) is 105 cm³/mol. The highest BCUT2D eigenvalue weighted by Crippen LogP contribution is 2.32. The fourth-order valence-electron chi connectivity index (χ4n) is 3.63. The van der Waals surface area contributed by atoms with Gasteiger partial charge in [0.15, 0.2) is 17.3 Å². The Bertz CT molecular complexity index is 779. The van der Waals surface area contributed by atoms with Crippen LogP contribution >= 0.6 is 0 Å². The maximum Gasteiger partial charge on any atom is 0.169 e. The molecule has 26 heavy (non-hydrogen) atoms. The van der Waals surface area contributed by atoms with Gasteiger partial charge in [-0.1, -0.05) is 43.7 Å². The zero-order valence-corrected chi connectivity index (χ0v) is 15.4. The molecule has 0 atom stereocenters. The van der Waals surface area contributed by atoms with Crippen molar-refractivity contribution in [1.82, 2.24) is 4.90 Å². The molecule has 2 aliphatic heterocycles. The van der Waals surface area contributed by atoms with E-state index in [-0.39, 0.29) is 0 Å². The molecule has 1 saturated heterocycles. The van der Waals surface area contributed by atoms with Crippen LogP contribution in [0.3, 0.4) is 0 Å². The van der Waals surface area contributed by atoms with Crippen molar-refractivity contribution >= 4 is 5.69 Å². The SMILES string of the molecule is CCCc1ccccc1N1CCN(/C=C2/COc3ccccc3O2)CC1. The first kappa shape index (κ1) is 16.8. The van der Waals surface area contributed by atoms with Gasteiger partial charge >= 0.3 is 0 Å². The summed E-state index contributed by atoms with van der Waals surface area (Å²) in [6.45, 7) is 6.79. The van der Waals surface area contributed by atoms with Crippen LogP contribution in [0.2, 0.25) is 0 Å². The number of benzene rings is 2. The van der Waals surface area contributed by atoms with Crippen LogP contribution in [0.5, 0.6) is 11.5 Å². The van der Waals surface area contributed by atoms with E-state index in [0.29, 0.717) is 6.61 Å². The fraction of sp³-hybridized carbons (Fsp3) is 0.364. The number of nitrogens with zero attached hydrogens (tertiary/aromatic N) is 2. The van der Waals surface area contributed by atoms with Crippen LogP contribution in [0.1, 0.15) is 18.9 Å². The quantitative estimate of drug-likeness (QED) is 0.830. The van der Waals surface area contributed by atoms with Gasteiger partial charge in [-0.05, 0) is 30.2 Å². The predicted octanol–water partition coefficient (Wildman–Crippen LogP) is 4.07. The zero-order valence-electron chi connectivity index (χ0n) is 15.4. The minimum Gasteiger partial charge on any atom is -0.482 e. The minimum absolute atomic E-state index is 0.497. The summed E-state index contributed by atoms with van der Waals surface area (Å²) in [5.41, 5.74) is 2.86. The Labute approximate surface area is 155 Å². The third-order valence-electron chi connectivity index (χ3n) is 4.95. The van der Waals surface area contributed by atoms with E-state index >= 15 is 0 Å². The lowest BCUT2D eigenvalue weighted by Gasteiger charge is -2.37. The summed E-state index contributed by atoms with van der Waals surface area (Å²) in [5, 5.41) is 0. The molecule has 1 fully saturated rings. The van der Waals surface area contributed by atoms with Crippen molar-refractivity contribution in [3.63, 3.8) is 0 Å². The summed E-state index contributed by atoms with van der Waals surface area (Å²) < 4.78 is 11.8. The Balaban J connectivity index is 1.39. The molecule has 4 rings (SSSR count). The van der Waals surface area contributed by atoms with Gasteiger partial charge in [0, 0.05) is 38.1 Å². The van der Waals surface area contributed by atoms with E-state index in [1.54, 1.807) is 0 Å². The normalized spacial score (nSPS) is 18.3. The molecule has 0 radical (unpaired) electrons. The maximum absolute atomic E-state index is 5.98. The second kappa shape index (κ2) is 7.73. The zero-order chi connectivity index (χ0) is 17.8. The Morgan fingerprint density at radius 3 is 2.46 bits per heavy atom. The first-order valence-corrected chi connectivity index (χ1v) is 9.51. The van der Waals surface area contributed by atoms with E-state index in [0.717, 1.165) is 49.9 Å². The van der Waals surface area contributed by atoms with Crippen molar-refractivity contribution in [3.8, 4) is 11.5 Å². The van der Waals surface area contributed by atoms with Crippen molar-refractivity contribution in [2.75, 3.05) is 37.7 Å². The van der Waals surface area contributed by atoms with Crippen molar-refractivity contribution in [2.24, 2.45) is 0 Å². The summed E-state index contributed by atoms with van der Waals surface area (Å²) in [6, 6.07) is 16.6. The molecular formula is C22H26N2O2. The van der Waals surface area contributed by atoms with E-state index in [2.05, 4.69) is 47.2 Å². The maximum atomic E-state index is 5.98. The minimum atomic E-state index is 0.497. The van der Waals surface area contributed by atoms with Crippen LogP contribution in [-0.4, -0.2) is 37.7 Å². The summed E-state index contributed by atoms with van der Waals surface area (Å²) in [4.78, 5) is 4.85. The molecule has 4 nitrogen and oxygen atoms in total. The molecule has 2 heterocycles. The Morgan fingerprint density at radius 1 is 0.923 bits per heavy atom. The molecule has 2 aromatic carbocycles. The number of hydrogen-bond acceptors (Lipinski definition) is 4. The molecule has 0 amide bonds. The van der Waals surface area contributed by atoms with Crippen molar-refractivity contribution in [2.45, 2.75) is 19.8 Å². The van der Waals surface area contributed by atoms with E-state index in [1.807, 2.05) is 24.3 Å². The summed E-state index contributed by atoms with van der Waals surface area (Å²) in [5.74, 6) is 2.50. The molecule has 0 unspecified atom stereocenters. The van der Waals surface area contributed by atoms with E-state index < -0.39 is 0 Å². The number of hydrogen-bond donors (Lipinski definition) is 0. The Hall–Kier alpha value is -2.62. The highest BCUT2D eigenvalue weighted by molar-refractivity contribution is 5.54. The van der Waals surface area contributed by atoms with Gasteiger partial charge < -0.3 is 19.3 Å². The number of piperazine rings is 1. The fourth-order valence-corrected chi connectivity index (χ4v) is 3.63. The van der Waals surface area contributed by atoms with E-state index in [4.69, 9.17) is 9.47 Å². The molecule has 2 aromatic rings. The third-order valence-corrected chi connectivity index (χ3v) is 4.95. The summed E-state index contributed by atoms with van der Waals surface area (Å²) in [6.07, 6.45) is 4.44. The topological polar surface area (TPSA) is 24.9 Å². The van der Waals surface area contributed by atoms with E-state index in [1.165, 1.54) is 17.7 Å². The van der Waals surface area contributed by atoms with Gasteiger partial charge in [-0.2, -0.15) is 0 Å². The van der Waals surface area contributed by atoms with Gasteiger partial charge in [-0.25, -0.2) is 0 Å². The summed E-state index contributed by atoms with van der Waals surface area (Å²) >= 11 is 0. The highest BCUT2D eigenvalue weighted by Gasteiger charge is 2.20. The van der Waals surface area contributed by atoms with Gasteiger partial charge in [0.25, 0.3) is 0 Å². The first-order chi connectivity index (χ1) is 12.8. The van der Waals surface area contributed by atoms with Gasteiger partial charge in [0.2, 0.25) is 0 Å². The molecule has 0 bridgehead atoms. The number of ether oxygens (including phenoxy) is 2. The summed E-state index contributed by atoms with van der Waals surface area (Å²) in [7, 11) is 0. The Morgan fingerprint density at radius 2 is 1.65 bits per heavy atom. The van der Waals surface area contributed by atoms with Crippen LogP contribution in [0.4, 0.5) is 5.69 Å². The molecule has 0 saturated carbocycles. The lowest BCUT2D eigenvalue weighted by atomic mass is 10.1. The smallest absolute Gasteiger partial charge is 0.169 e. The van der Waals surface area contributed by atoms with Crippen LogP contribution in [0.15, 0.2) is 60.5 Å². The standard InChI is InChI=1S/C22H26N2O2/c1-2-7-18-8-3-4-9-20(18)24-14-12-23(13-15-24)16-19-17-25-21-10-5-6-11-22(21)26-19/h3-6,8-11,16H,2,7,12-15,17H2,1H3/b19-16-. The molecule has 0 aromatic heterocycles. The highest BCUT2D eigenvalue weighted by atomic mass is 16.6. The van der Waals surface area contributed by atoms with Crippen LogP contribution in [0, 0.1) is 0 Å². The van der Waals surface area contributed by atoms with Gasteiger partial charge in [-0.3, -0.25) is 0 Å². The van der Waals surface area contributed by atoms with Gasteiger partial charge in [-0.15, -0.1) is 0 Å². The second-order valence-corrected chi connectivity index (χ2v) is 6.83. The lowest BCUT2D eigenvalue weighted by molar-refractivity contribution is 0.220. The molecular weight excluding hydrogens is 324 g/mol. The van der Waals surface area contributed by atoms with Crippen LogP contribution in [0.25, 0.3) is 0 Å². The average molecular weight is 350 g/mol. The Kier molecular flexibility index (Phi) is 5.00. The number of fused-ring (bicyclic) bond motifs is 1. The van der Waals surface area contributed by atoms with Gasteiger partial charge in [0.05, 0.1) is 0 Å². The largest absolute Gasteiger partial charge is 0.482 e. The molecule has 0 spiro atoms. The molecule has 136 valence electrons. The second-order valence-electron chi connectivity index (χ2n) is 6.83. The lowest BCUT2D eigenvalue weighted by Crippen LogP contribution is -2.44. The molecule has 4 heteroatoms. The third kappa shape index (κ3) is 3.64. The van der Waals surface area contributed by atoms with Crippen LogP contribution < -0.4 is 14.4 Å². The van der Waals surface area contributed by atoms with Crippen LogP contribution in [-0.2, 0) is 6.42 Å². The van der Waals surface area contributed by atoms with Crippen molar-refractivity contribution < 1.29 is 9.47 Å². The number of aryl methyl sites for hydroxylation is 1. The monoisotopic (exact) mass is 350 g/mol. The average Bonchev–Trinajstić information content (AvgIpc) is 2.69. The number of anilines is 1.